The molecule has 2 aliphatic rings. The van der Waals surface area contributed by atoms with Gasteiger partial charge in [0.05, 0.1) is 6.04 Å². The molecule has 1 aromatic heterocycles. The molecule has 2 aliphatic carbocycles. The summed E-state index contributed by atoms with van der Waals surface area (Å²) in [5.41, 5.74) is 3.88. The molecule has 3 heteroatoms. The Kier molecular flexibility index (Phi) is 4.33. The molecule has 24 heavy (non-hydrogen) atoms. The lowest BCUT2D eigenvalue weighted by Gasteiger charge is -2.30. The third-order valence-corrected chi connectivity index (χ3v) is 5.21. The first-order chi connectivity index (χ1) is 11.8. The number of aryl methyl sites for hydroxylation is 2. The van der Waals surface area contributed by atoms with Gasteiger partial charge in [0.15, 0.2) is 0 Å². The third-order valence-electron chi connectivity index (χ3n) is 5.21. The molecule has 124 valence electrons. The molecule has 2 aromatic rings. The number of pyridine rings is 1. The lowest BCUT2D eigenvalue weighted by atomic mass is 10.1. The standard InChI is InChI=1S/C21H24N2O/c24-21(10-5-8-17-7-3-4-15-22-17)23(18-12-13-18)20-14-11-16-6-1-2-9-19(16)20/h1-4,6-7,9,15,18,20H,5,8,10-14H2/t20-/m1/s1. The molecular formula is C21H24N2O. The number of rotatable bonds is 6. The van der Waals surface area contributed by atoms with Crippen LogP contribution in [0.15, 0.2) is 48.7 Å². The van der Waals surface area contributed by atoms with Gasteiger partial charge < -0.3 is 4.90 Å². The molecule has 0 aliphatic heterocycles. The van der Waals surface area contributed by atoms with E-state index >= 15 is 0 Å². The van der Waals surface area contributed by atoms with E-state index in [0.29, 0.717) is 24.4 Å². The van der Waals surface area contributed by atoms with Gasteiger partial charge in [-0.15, -0.1) is 0 Å². The van der Waals surface area contributed by atoms with Gasteiger partial charge in [-0.1, -0.05) is 30.3 Å². The fourth-order valence-electron chi connectivity index (χ4n) is 3.90. The van der Waals surface area contributed by atoms with Crippen LogP contribution in [0, 0.1) is 0 Å². The van der Waals surface area contributed by atoms with Crippen molar-refractivity contribution < 1.29 is 4.79 Å². The van der Waals surface area contributed by atoms with Gasteiger partial charge in [0.2, 0.25) is 5.91 Å². The Labute approximate surface area is 143 Å². The molecule has 0 saturated heterocycles. The van der Waals surface area contributed by atoms with Crippen molar-refractivity contribution in [2.45, 2.75) is 57.0 Å². The average Bonchev–Trinajstić information content (AvgIpc) is 3.36. The van der Waals surface area contributed by atoms with Crippen LogP contribution in [0.5, 0.6) is 0 Å². The van der Waals surface area contributed by atoms with Crippen molar-refractivity contribution in [3.05, 3.63) is 65.5 Å². The summed E-state index contributed by atoms with van der Waals surface area (Å²) in [7, 11) is 0. The normalized spacial score (nSPS) is 19.1. The average molecular weight is 320 g/mol. The van der Waals surface area contributed by atoms with Crippen LogP contribution in [0.25, 0.3) is 0 Å². The second-order valence-corrected chi connectivity index (χ2v) is 6.96. The Morgan fingerprint density at radius 1 is 1.08 bits per heavy atom. The number of nitrogens with zero attached hydrogens (tertiary/aromatic N) is 2. The molecule has 1 atom stereocenters. The van der Waals surface area contributed by atoms with Crippen molar-refractivity contribution in [2.75, 3.05) is 0 Å². The van der Waals surface area contributed by atoms with E-state index in [1.54, 1.807) is 0 Å². The van der Waals surface area contributed by atoms with E-state index in [9.17, 15) is 4.79 Å². The van der Waals surface area contributed by atoms with Crippen molar-refractivity contribution in [3.63, 3.8) is 0 Å². The molecule has 0 spiro atoms. The van der Waals surface area contributed by atoms with Gasteiger partial charge in [-0.3, -0.25) is 9.78 Å². The zero-order valence-corrected chi connectivity index (χ0v) is 14.0. The first kappa shape index (κ1) is 15.4. The van der Waals surface area contributed by atoms with Crippen LogP contribution in [-0.4, -0.2) is 21.8 Å². The van der Waals surface area contributed by atoms with E-state index in [2.05, 4.69) is 34.1 Å². The first-order valence-corrected chi connectivity index (χ1v) is 9.12. The maximum Gasteiger partial charge on any atom is 0.223 e. The first-order valence-electron chi connectivity index (χ1n) is 9.12. The minimum absolute atomic E-state index is 0.302. The highest BCUT2D eigenvalue weighted by atomic mass is 16.2. The monoisotopic (exact) mass is 320 g/mol. The molecular weight excluding hydrogens is 296 g/mol. The molecule has 1 amide bonds. The Morgan fingerprint density at radius 3 is 2.71 bits per heavy atom. The summed E-state index contributed by atoms with van der Waals surface area (Å²) in [4.78, 5) is 19.5. The van der Waals surface area contributed by atoms with Gasteiger partial charge in [0.25, 0.3) is 0 Å². The zero-order chi connectivity index (χ0) is 16.4. The molecule has 0 bridgehead atoms. The van der Waals surface area contributed by atoms with Gasteiger partial charge in [-0.25, -0.2) is 0 Å². The molecule has 1 fully saturated rings. The Hall–Kier alpha value is -2.16. The van der Waals surface area contributed by atoms with E-state index in [-0.39, 0.29) is 0 Å². The largest absolute Gasteiger partial charge is 0.333 e. The Morgan fingerprint density at radius 2 is 1.92 bits per heavy atom. The van der Waals surface area contributed by atoms with Crippen LogP contribution in [0.4, 0.5) is 0 Å². The molecule has 1 saturated carbocycles. The summed E-state index contributed by atoms with van der Waals surface area (Å²) in [6.07, 6.45) is 8.75. The predicted octanol–water partition coefficient (Wildman–Crippen LogP) is 4.08. The van der Waals surface area contributed by atoms with E-state index in [4.69, 9.17) is 0 Å². The second kappa shape index (κ2) is 6.76. The lowest BCUT2D eigenvalue weighted by molar-refractivity contribution is -0.134. The molecule has 1 heterocycles. The van der Waals surface area contributed by atoms with Crippen molar-refractivity contribution in [1.29, 1.82) is 0 Å². The van der Waals surface area contributed by atoms with Crippen molar-refractivity contribution in [1.82, 2.24) is 9.88 Å². The van der Waals surface area contributed by atoms with Crippen LogP contribution in [0.1, 0.15) is 55.0 Å². The number of aromatic nitrogens is 1. The van der Waals surface area contributed by atoms with Crippen LogP contribution < -0.4 is 0 Å². The van der Waals surface area contributed by atoms with E-state index in [1.807, 2.05) is 24.4 Å². The number of benzene rings is 1. The molecule has 1 aromatic carbocycles. The van der Waals surface area contributed by atoms with E-state index < -0.39 is 0 Å². The highest BCUT2D eigenvalue weighted by Gasteiger charge is 2.39. The summed E-state index contributed by atoms with van der Waals surface area (Å²) in [6, 6.07) is 15.4. The third kappa shape index (κ3) is 3.21. The van der Waals surface area contributed by atoms with Crippen LogP contribution in [-0.2, 0) is 17.6 Å². The molecule has 4 rings (SSSR count). The van der Waals surface area contributed by atoms with E-state index in [1.165, 1.54) is 24.0 Å². The summed E-state index contributed by atoms with van der Waals surface area (Å²) in [5, 5.41) is 0. The number of hydrogen-bond donors (Lipinski definition) is 0. The Balaban J connectivity index is 1.41. The van der Waals surface area contributed by atoms with Crippen LogP contribution >= 0.6 is 0 Å². The predicted molar refractivity (Wildman–Crippen MR) is 94.5 cm³/mol. The fraction of sp³-hybridized carbons (Fsp3) is 0.429. The fourth-order valence-corrected chi connectivity index (χ4v) is 3.90. The highest BCUT2D eigenvalue weighted by molar-refractivity contribution is 5.77. The van der Waals surface area contributed by atoms with Crippen LogP contribution in [0.2, 0.25) is 0 Å². The Bertz CT molecular complexity index is 709. The molecule has 0 radical (unpaired) electrons. The van der Waals surface area contributed by atoms with Crippen molar-refractivity contribution >= 4 is 5.91 Å². The zero-order valence-electron chi connectivity index (χ0n) is 14.0. The second-order valence-electron chi connectivity index (χ2n) is 6.96. The van der Waals surface area contributed by atoms with E-state index in [0.717, 1.165) is 31.4 Å². The van der Waals surface area contributed by atoms with Gasteiger partial charge in [0.1, 0.15) is 0 Å². The maximum absolute atomic E-state index is 12.9. The van der Waals surface area contributed by atoms with Gasteiger partial charge in [0, 0.05) is 24.4 Å². The number of amides is 1. The smallest absolute Gasteiger partial charge is 0.223 e. The molecule has 0 N–H and O–H groups in total. The minimum atomic E-state index is 0.302. The maximum atomic E-state index is 12.9. The topological polar surface area (TPSA) is 33.2 Å². The van der Waals surface area contributed by atoms with Gasteiger partial charge in [-0.2, -0.15) is 0 Å². The number of carbonyl (C=O) groups excluding carboxylic acids is 1. The number of fused-ring (bicyclic) bond motifs is 1. The summed E-state index contributed by atoms with van der Waals surface area (Å²) >= 11 is 0. The molecule has 3 nitrogen and oxygen atoms in total. The SMILES string of the molecule is O=C(CCCc1ccccn1)N(C1CC1)[C@@H]1CCc2ccccc21. The number of hydrogen-bond acceptors (Lipinski definition) is 2. The quantitative estimate of drug-likeness (QED) is 0.803. The van der Waals surface area contributed by atoms with Crippen molar-refractivity contribution in [2.24, 2.45) is 0 Å². The highest BCUT2D eigenvalue weighted by Crippen LogP contribution is 2.42. The summed E-state index contributed by atoms with van der Waals surface area (Å²) < 4.78 is 0. The molecule has 0 unspecified atom stereocenters. The minimum Gasteiger partial charge on any atom is -0.333 e. The van der Waals surface area contributed by atoms with Crippen molar-refractivity contribution in [3.8, 4) is 0 Å². The van der Waals surface area contributed by atoms with Crippen LogP contribution in [0.3, 0.4) is 0 Å². The van der Waals surface area contributed by atoms with Gasteiger partial charge >= 0.3 is 0 Å². The lowest BCUT2D eigenvalue weighted by Crippen LogP contribution is -2.35. The number of carbonyl (C=O) groups is 1. The summed E-state index contributed by atoms with van der Waals surface area (Å²) in [6.45, 7) is 0. The summed E-state index contributed by atoms with van der Waals surface area (Å²) in [5.74, 6) is 0.329. The van der Waals surface area contributed by atoms with Gasteiger partial charge in [-0.05, 0) is 61.8 Å².